The average Bonchev–Trinajstić information content (AvgIpc) is 2.73. The number of Topliss-reactive ketones (excluding diaryl/α,β-unsaturated/α-hetero) is 1. The van der Waals surface area contributed by atoms with E-state index in [9.17, 15) is 9.18 Å². The molecule has 108 valence electrons. The lowest BCUT2D eigenvalue weighted by Crippen LogP contribution is -2.38. The normalized spacial score (nSPS) is 28.6. The molecule has 0 aromatic heterocycles. The number of nitrogens with one attached hydrogen (secondary N) is 1. The van der Waals surface area contributed by atoms with Crippen LogP contribution < -0.4 is 5.32 Å². The van der Waals surface area contributed by atoms with Gasteiger partial charge in [-0.3, -0.25) is 4.79 Å². The topological polar surface area (TPSA) is 29.1 Å². The van der Waals surface area contributed by atoms with Crippen LogP contribution in [0.1, 0.15) is 37.7 Å². The Hall–Kier alpha value is -0.930. The molecule has 2 fully saturated rings. The molecule has 0 spiro atoms. The summed E-state index contributed by atoms with van der Waals surface area (Å²) in [7, 11) is 0. The molecule has 2 atom stereocenters. The van der Waals surface area contributed by atoms with Gasteiger partial charge < -0.3 is 5.32 Å². The molecule has 2 aliphatic heterocycles. The van der Waals surface area contributed by atoms with Crippen LogP contribution in [0.4, 0.5) is 4.39 Å². The number of benzene rings is 1. The minimum absolute atomic E-state index is 0.170. The Kier molecular flexibility index (Phi) is 4.08. The fourth-order valence-electron chi connectivity index (χ4n) is 3.63. The zero-order chi connectivity index (χ0) is 14.1. The molecule has 0 aliphatic carbocycles. The van der Waals surface area contributed by atoms with Crippen LogP contribution in [0.25, 0.3) is 0 Å². The zero-order valence-corrected chi connectivity index (χ0v) is 12.1. The minimum atomic E-state index is -0.336. The molecule has 2 unspecified atom stereocenters. The van der Waals surface area contributed by atoms with E-state index in [-0.39, 0.29) is 18.0 Å². The molecule has 0 saturated carbocycles. The number of rotatable bonds is 4. The molecule has 2 aliphatic rings. The van der Waals surface area contributed by atoms with E-state index in [1.54, 1.807) is 0 Å². The minimum Gasteiger partial charge on any atom is -0.311 e. The second kappa shape index (κ2) is 5.82. The van der Waals surface area contributed by atoms with Gasteiger partial charge in [-0.2, -0.15) is 0 Å². The van der Waals surface area contributed by atoms with Crippen molar-refractivity contribution in [1.82, 2.24) is 5.32 Å². The molecule has 2 heterocycles. The van der Waals surface area contributed by atoms with Gasteiger partial charge in [0.15, 0.2) is 0 Å². The standard InChI is InChI=1S/C16H19ClFNO/c17-16-4-1-12(18)8-11(16)9-15(20)7-10-5-13-2-3-14(6-10)19-13/h1,4,8,10,13-14,19H,2-3,5-7,9H2. The van der Waals surface area contributed by atoms with Crippen LogP contribution >= 0.6 is 11.6 Å². The summed E-state index contributed by atoms with van der Waals surface area (Å²) in [5.41, 5.74) is 0.605. The maximum Gasteiger partial charge on any atom is 0.137 e. The third-order valence-corrected chi connectivity index (χ3v) is 4.85. The number of carbonyl (C=O) groups is 1. The average molecular weight is 296 g/mol. The second-order valence-corrected chi connectivity index (χ2v) is 6.54. The van der Waals surface area contributed by atoms with Gasteiger partial charge >= 0.3 is 0 Å². The molecule has 20 heavy (non-hydrogen) atoms. The quantitative estimate of drug-likeness (QED) is 0.921. The molecule has 2 saturated heterocycles. The molecule has 0 radical (unpaired) electrons. The van der Waals surface area contributed by atoms with E-state index in [4.69, 9.17) is 11.6 Å². The molecular formula is C16H19ClFNO. The highest BCUT2D eigenvalue weighted by molar-refractivity contribution is 6.31. The lowest BCUT2D eigenvalue weighted by Gasteiger charge is -2.28. The first-order chi connectivity index (χ1) is 9.60. The SMILES string of the molecule is O=C(Cc1cc(F)ccc1Cl)CC1CC2CCC(C1)N2. The van der Waals surface area contributed by atoms with Crippen LogP contribution in [0.15, 0.2) is 18.2 Å². The van der Waals surface area contributed by atoms with Gasteiger partial charge in [0.05, 0.1) is 0 Å². The van der Waals surface area contributed by atoms with Crippen LogP contribution in [0, 0.1) is 11.7 Å². The Bertz CT molecular complexity index is 507. The molecule has 2 nitrogen and oxygen atoms in total. The van der Waals surface area contributed by atoms with E-state index in [1.165, 1.54) is 31.0 Å². The first-order valence-electron chi connectivity index (χ1n) is 7.32. The fraction of sp³-hybridized carbons (Fsp3) is 0.562. The van der Waals surface area contributed by atoms with Gasteiger partial charge in [0.1, 0.15) is 11.6 Å². The Labute approximate surface area is 123 Å². The Morgan fingerprint density at radius 1 is 1.30 bits per heavy atom. The maximum atomic E-state index is 13.2. The monoisotopic (exact) mass is 295 g/mol. The molecular weight excluding hydrogens is 277 g/mol. The van der Waals surface area contributed by atoms with Crippen LogP contribution in [0.3, 0.4) is 0 Å². The highest BCUT2D eigenvalue weighted by Gasteiger charge is 2.34. The molecule has 4 heteroatoms. The Morgan fingerprint density at radius 3 is 2.70 bits per heavy atom. The number of hydrogen-bond donors (Lipinski definition) is 1. The summed E-state index contributed by atoms with van der Waals surface area (Å²) >= 11 is 6.01. The highest BCUT2D eigenvalue weighted by Crippen LogP contribution is 2.33. The van der Waals surface area contributed by atoms with Crippen molar-refractivity contribution in [3.05, 3.63) is 34.6 Å². The highest BCUT2D eigenvalue weighted by atomic mass is 35.5. The van der Waals surface area contributed by atoms with Crippen molar-refractivity contribution in [2.75, 3.05) is 0 Å². The number of ketones is 1. The number of fused-ring (bicyclic) bond motifs is 2. The Balaban J connectivity index is 1.58. The smallest absolute Gasteiger partial charge is 0.137 e. The van der Waals surface area contributed by atoms with Gasteiger partial charge in [-0.1, -0.05) is 11.6 Å². The van der Waals surface area contributed by atoms with Crippen LogP contribution in [0.2, 0.25) is 5.02 Å². The van der Waals surface area contributed by atoms with Crippen molar-refractivity contribution in [3.8, 4) is 0 Å². The largest absolute Gasteiger partial charge is 0.311 e. The summed E-state index contributed by atoms with van der Waals surface area (Å²) in [5.74, 6) is 0.314. The Morgan fingerprint density at radius 2 is 2.00 bits per heavy atom. The van der Waals surface area contributed by atoms with Crippen LogP contribution in [0.5, 0.6) is 0 Å². The summed E-state index contributed by atoms with van der Waals surface area (Å²) in [6, 6.07) is 5.41. The van der Waals surface area contributed by atoms with Crippen molar-refractivity contribution in [1.29, 1.82) is 0 Å². The zero-order valence-electron chi connectivity index (χ0n) is 11.4. The van der Waals surface area contributed by atoms with E-state index < -0.39 is 0 Å². The van der Waals surface area contributed by atoms with Crippen molar-refractivity contribution >= 4 is 17.4 Å². The van der Waals surface area contributed by atoms with Crippen molar-refractivity contribution in [2.45, 2.75) is 50.6 Å². The second-order valence-electron chi connectivity index (χ2n) is 6.13. The lowest BCUT2D eigenvalue weighted by molar-refractivity contribution is -0.119. The number of piperidine rings is 1. The number of carbonyl (C=O) groups excluding carboxylic acids is 1. The number of hydrogen-bond acceptors (Lipinski definition) is 2. The summed E-state index contributed by atoms with van der Waals surface area (Å²) < 4.78 is 13.2. The summed E-state index contributed by atoms with van der Waals surface area (Å²) in [5, 5.41) is 4.05. The van der Waals surface area contributed by atoms with Gasteiger partial charge in [0.2, 0.25) is 0 Å². The molecule has 1 aromatic rings. The van der Waals surface area contributed by atoms with Gasteiger partial charge in [-0.15, -0.1) is 0 Å². The fourth-order valence-corrected chi connectivity index (χ4v) is 3.81. The van der Waals surface area contributed by atoms with Gasteiger partial charge in [0.25, 0.3) is 0 Å². The van der Waals surface area contributed by atoms with Crippen LogP contribution in [-0.4, -0.2) is 17.9 Å². The van der Waals surface area contributed by atoms with Crippen molar-refractivity contribution in [2.24, 2.45) is 5.92 Å². The first-order valence-corrected chi connectivity index (χ1v) is 7.69. The predicted octanol–water partition coefficient (Wildman–Crippen LogP) is 3.51. The lowest BCUT2D eigenvalue weighted by atomic mass is 9.87. The van der Waals surface area contributed by atoms with Crippen molar-refractivity contribution < 1.29 is 9.18 Å². The summed E-state index contributed by atoms with van der Waals surface area (Å²) in [6.07, 6.45) is 5.52. The van der Waals surface area contributed by atoms with Crippen molar-refractivity contribution in [3.63, 3.8) is 0 Å². The van der Waals surface area contributed by atoms with E-state index in [1.807, 2.05) is 0 Å². The molecule has 1 N–H and O–H groups in total. The molecule has 0 amide bonds. The molecule has 1 aromatic carbocycles. The van der Waals surface area contributed by atoms with Gasteiger partial charge in [-0.25, -0.2) is 4.39 Å². The van der Waals surface area contributed by atoms with Crippen LogP contribution in [-0.2, 0) is 11.2 Å². The molecule has 2 bridgehead atoms. The third-order valence-electron chi connectivity index (χ3n) is 4.48. The predicted molar refractivity (Wildman–Crippen MR) is 77.4 cm³/mol. The number of halogens is 2. The van der Waals surface area contributed by atoms with E-state index >= 15 is 0 Å². The van der Waals surface area contributed by atoms with E-state index in [0.29, 0.717) is 35.0 Å². The summed E-state index contributed by atoms with van der Waals surface area (Å²) in [6.45, 7) is 0. The third kappa shape index (κ3) is 3.21. The first kappa shape index (κ1) is 14.0. The van der Waals surface area contributed by atoms with Gasteiger partial charge in [0, 0.05) is 29.9 Å². The van der Waals surface area contributed by atoms with Gasteiger partial charge in [-0.05, 0) is 55.4 Å². The summed E-state index contributed by atoms with van der Waals surface area (Å²) in [4.78, 5) is 12.2. The van der Waals surface area contributed by atoms with E-state index in [2.05, 4.69) is 5.32 Å². The molecule has 3 rings (SSSR count). The van der Waals surface area contributed by atoms with E-state index in [0.717, 1.165) is 12.8 Å². The maximum absolute atomic E-state index is 13.2.